The van der Waals surface area contributed by atoms with Gasteiger partial charge in [-0.15, -0.1) is 0 Å². The fourth-order valence-electron chi connectivity index (χ4n) is 1.19. The van der Waals surface area contributed by atoms with Gasteiger partial charge in [-0.2, -0.15) is 0 Å². The summed E-state index contributed by atoms with van der Waals surface area (Å²) in [5, 5.41) is 18.8. The van der Waals surface area contributed by atoms with Crippen LogP contribution in [0.4, 0.5) is 0 Å². The number of benzene rings is 1. The fourth-order valence-corrected chi connectivity index (χ4v) is 1.19. The van der Waals surface area contributed by atoms with Crippen LogP contribution in [0.3, 0.4) is 0 Å². The lowest BCUT2D eigenvalue weighted by atomic mass is 10.0. The van der Waals surface area contributed by atoms with Gasteiger partial charge in [0, 0.05) is 0 Å². The summed E-state index contributed by atoms with van der Waals surface area (Å²) >= 11 is 0. The van der Waals surface area contributed by atoms with E-state index in [9.17, 15) is 10.2 Å². The third kappa shape index (κ3) is 1.90. The molecule has 4 nitrogen and oxygen atoms in total. The standard InChI is InChI=1S/C10H15NO3/c1-6(5-11)7-3-8(12)10(13)9(4-7)14-2/h3-4,6,12-13H,5,11H2,1-2H3. The van der Waals surface area contributed by atoms with Crippen LogP contribution < -0.4 is 10.5 Å². The van der Waals surface area contributed by atoms with E-state index in [1.54, 1.807) is 6.07 Å². The van der Waals surface area contributed by atoms with Gasteiger partial charge in [-0.25, -0.2) is 0 Å². The van der Waals surface area contributed by atoms with E-state index in [1.807, 2.05) is 6.92 Å². The Labute approximate surface area is 82.9 Å². The van der Waals surface area contributed by atoms with E-state index in [1.165, 1.54) is 13.2 Å². The van der Waals surface area contributed by atoms with Gasteiger partial charge in [-0.05, 0) is 30.2 Å². The van der Waals surface area contributed by atoms with Gasteiger partial charge in [-0.3, -0.25) is 0 Å². The van der Waals surface area contributed by atoms with Crippen molar-refractivity contribution < 1.29 is 14.9 Å². The molecular formula is C10H15NO3. The lowest BCUT2D eigenvalue weighted by Gasteiger charge is -2.12. The minimum Gasteiger partial charge on any atom is -0.504 e. The number of rotatable bonds is 3. The molecule has 0 aliphatic carbocycles. The van der Waals surface area contributed by atoms with E-state index in [0.717, 1.165) is 5.56 Å². The van der Waals surface area contributed by atoms with Crippen molar-refractivity contribution in [3.05, 3.63) is 17.7 Å². The van der Waals surface area contributed by atoms with Crippen molar-refractivity contribution in [1.82, 2.24) is 0 Å². The lowest BCUT2D eigenvalue weighted by Crippen LogP contribution is -2.08. The van der Waals surface area contributed by atoms with Crippen LogP contribution >= 0.6 is 0 Å². The van der Waals surface area contributed by atoms with E-state index in [0.29, 0.717) is 6.54 Å². The van der Waals surface area contributed by atoms with Crippen molar-refractivity contribution in [2.75, 3.05) is 13.7 Å². The Morgan fingerprint density at radius 1 is 1.43 bits per heavy atom. The quantitative estimate of drug-likeness (QED) is 0.636. The number of hydrogen-bond donors (Lipinski definition) is 3. The molecule has 0 aliphatic heterocycles. The first-order chi connectivity index (χ1) is 6.60. The molecule has 0 heterocycles. The second kappa shape index (κ2) is 4.19. The minimum atomic E-state index is -0.236. The Morgan fingerprint density at radius 3 is 2.57 bits per heavy atom. The van der Waals surface area contributed by atoms with E-state index < -0.39 is 0 Å². The van der Waals surface area contributed by atoms with Crippen LogP contribution in [0.15, 0.2) is 12.1 Å². The summed E-state index contributed by atoms with van der Waals surface area (Å²) < 4.78 is 4.91. The van der Waals surface area contributed by atoms with Crippen LogP contribution in [0.1, 0.15) is 18.4 Å². The SMILES string of the molecule is COc1cc(C(C)CN)cc(O)c1O. The molecule has 0 saturated carbocycles. The number of ether oxygens (including phenoxy) is 1. The molecule has 0 aromatic heterocycles. The van der Waals surface area contributed by atoms with Crippen LogP contribution in [0.2, 0.25) is 0 Å². The first kappa shape index (κ1) is 10.7. The number of hydrogen-bond acceptors (Lipinski definition) is 4. The third-order valence-corrected chi connectivity index (χ3v) is 2.22. The zero-order valence-corrected chi connectivity index (χ0v) is 8.32. The average Bonchev–Trinajstić information content (AvgIpc) is 2.20. The van der Waals surface area contributed by atoms with E-state index in [2.05, 4.69) is 0 Å². The number of methoxy groups -OCH3 is 1. The zero-order chi connectivity index (χ0) is 10.7. The minimum absolute atomic E-state index is 0.121. The number of phenolic OH excluding ortho intramolecular Hbond substituents is 2. The van der Waals surface area contributed by atoms with Crippen molar-refractivity contribution in [1.29, 1.82) is 0 Å². The third-order valence-electron chi connectivity index (χ3n) is 2.22. The van der Waals surface area contributed by atoms with Gasteiger partial charge in [0.1, 0.15) is 0 Å². The maximum atomic E-state index is 9.39. The summed E-state index contributed by atoms with van der Waals surface area (Å²) in [6.45, 7) is 2.42. The topological polar surface area (TPSA) is 75.7 Å². The Balaban J connectivity index is 3.16. The molecule has 0 radical (unpaired) electrons. The van der Waals surface area contributed by atoms with Crippen molar-refractivity contribution in [2.24, 2.45) is 5.73 Å². The summed E-state index contributed by atoms with van der Waals surface area (Å²) in [5.41, 5.74) is 6.35. The summed E-state index contributed by atoms with van der Waals surface area (Å²) in [6.07, 6.45) is 0. The zero-order valence-electron chi connectivity index (χ0n) is 8.32. The molecule has 0 saturated heterocycles. The molecular weight excluding hydrogens is 182 g/mol. The predicted molar refractivity (Wildman–Crippen MR) is 53.8 cm³/mol. The molecule has 0 aliphatic rings. The van der Waals surface area contributed by atoms with E-state index in [-0.39, 0.29) is 23.2 Å². The van der Waals surface area contributed by atoms with Crippen molar-refractivity contribution in [3.63, 3.8) is 0 Å². The molecule has 1 atom stereocenters. The Bertz CT molecular complexity index is 325. The normalized spacial score (nSPS) is 12.5. The predicted octanol–water partition coefficient (Wildman–Crippen LogP) is 1.17. The molecule has 1 rings (SSSR count). The maximum absolute atomic E-state index is 9.39. The summed E-state index contributed by atoms with van der Waals surface area (Å²) in [6, 6.07) is 3.17. The molecule has 0 fully saturated rings. The molecule has 0 amide bonds. The van der Waals surface area contributed by atoms with Crippen molar-refractivity contribution >= 4 is 0 Å². The van der Waals surface area contributed by atoms with Crippen LogP contribution in [0.5, 0.6) is 17.2 Å². The van der Waals surface area contributed by atoms with E-state index >= 15 is 0 Å². The van der Waals surface area contributed by atoms with Gasteiger partial charge in [0.25, 0.3) is 0 Å². The van der Waals surface area contributed by atoms with Crippen molar-refractivity contribution in [3.8, 4) is 17.2 Å². The second-order valence-corrected chi connectivity index (χ2v) is 3.23. The first-order valence-electron chi connectivity index (χ1n) is 4.40. The molecule has 14 heavy (non-hydrogen) atoms. The van der Waals surface area contributed by atoms with Crippen LogP contribution in [-0.4, -0.2) is 23.9 Å². The largest absolute Gasteiger partial charge is 0.504 e. The molecule has 1 unspecified atom stereocenters. The van der Waals surface area contributed by atoms with Gasteiger partial charge in [0.2, 0.25) is 5.75 Å². The molecule has 78 valence electrons. The Kier molecular flexibility index (Phi) is 3.19. The monoisotopic (exact) mass is 197 g/mol. The fraction of sp³-hybridized carbons (Fsp3) is 0.400. The van der Waals surface area contributed by atoms with Crippen molar-refractivity contribution in [2.45, 2.75) is 12.8 Å². The number of phenols is 2. The summed E-state index contributed by atoms with van der Waals surface area (Å²) in [4.78, 5) is 0. The molecule has 0 spiro atoms. The van der Waals surface area contributed by atoms with Crippen LogP contribution in [0.25, 0.3) is 0 Å². The van der Waals surface area contributed by atoms with E-state index in [4.69, 9.17) is 10.5 Å². The van der Waals surface area contributed by atoms with Crippen LogP contribution in [0, 0.1) is 0 Å². The molecule has 1 aromatic carbocycles. The van der Waals surface area contributed by atoms with Gasteiger partial charge < -0.3 is 20.7 Å². The second-order valence-electron chi connectivity index (χ2n) is 3.23. The Morgan fingerprint density at radius 2 is 2.07 bits per heavy atom. The first-order valence-corrected chi connectivity index (χ1v) is 4.40. The molecule has 1 aromatic rings. The highest BCUT2D eigenvalue weighted by Crippen LogP contribution is 2.37. The van der Waals surface area contributed by atoms with Gasteiger partial charge in [0.15, 0.2) is 11.5 Å². The van der Waals surface area contributed by atoms with Gasteiger partial charge >= 0.3 is 0 Å². The van der Waals surface area contributed by atoms with Gasteiger partial charge in [-0.1, -0.05) is 6.92 Å². The number of aromatic hydroxyl groups is 2. The van der Waals surface area contributed by atoms with Gasteiger partial charge in [0.05, 0.1) is 7.11 Å². The molecule has 4 heteroatoms. The Hall–Kier alpha value is -1.42. The maximum Gasteiger partial charge on any atom is 0.200 e. The molecule has 0 bridgehead atoms. The highest BCUT2D eigenvalue weighted by molar-refractivity contribution is 5.52. The highest BCUT2D eigenvalue weighted by atomic mass is 16.5. The molecule has 4 N–H and O–H groups in total. The summed E-state index contributed by atoms with van der Waals surface area (Å²) in [7, 11) is 1.44. The highest BCUT2D eigenvalue weighted by Gasteiger charge is 2.12. The summed E-state index contributed by atoms with van der Waals surface area (Å²) in [5.74, 6) is -0.0316. The average molecular weight is 197 g/mol. The van der Waals surface area contributed by atoms with Crippen LogP contribution in [-0.2, 0) is 0 Å². The smallest absolute Gasteiger partial charge is 0.200 e. The lowest BCUT2D eigenvalue weighted by molar-refractivity contribution is 0.350. The number of nitrogens with two attached hydrogens (primary N) is 1.